The molecule has 1 aromatic carbocycles. The standard InChI is InChI=1S/C15H17N3O3/c1-2-8-18(10-13(19)20)15(21)12-9-16-17-14(12)11-6-4-3-5-7-11/h3-7,9H,2,8,10H2,1H3,(H,16,17)(H,19,20). The number of hydrogen-bond donors (Lipinski definition) is 2. The summed E-state index contributed by atoms with van der Waals surface area (Å²) >= 11 is 0. The minimum absolute atomic E-state index is 0.313. The van der Waals surface area contributed by atoms with Gasteiger partial charge < -0.3 is 10.0 Å². The number of H-pyrrole nitrogens is 1. The van der Waals surface area contributed by atoms with Crippen molar-refractivity contribution in [2.24, 2.45) is 0 Å². The van der Waals surface area contributed by atoms with Crippen LogP contribution >= 0.6 is 0 Å². The summed E-state index contributed by atoms with van der Waals surface area (Å²) < 4.78 is 0. The molecule has 0 radical (unpaired) electrons. The van der Waals surface area contributed by atoms with Gasteiger partial charge in [-0.3, -0.25) is 14.7 Å². The van der Waals surface area contributed by atoms with Crippen molar-refractivity contribution < 1.29 is 14.7 Å². The topological polar surface area (TPSA) is 86.3 Å². The Hall–Kier alpha value is -2.63. The number of benzene rings is 1. The van der Waals surface area contributed by atoms with Gasteiger partial charge in [0.2, 0.25) is 0 Å². The molecule has 0 saturated heterocycles. The van der Waals surface area contributed by atoms with Gasteiger partial charge in [-0.1, -0.05) is 37.3 Å². The molecule has 21 heavy (non-hydrogen) atoms. The molecule has 0 bridgehead atoms. The van der Waals surface area contributed by atoms with Gasteiger partial charge in [-0.05, 0) is 6.42 Å². The predicted molar refractivity (Wildman–Crippen MR) is 77.9 cm³/mol. The Morgan fingerprint density at radius 2 is 2.00 bits per heavy atom. The first-order valence-corrected chi connectivity index (χ1v) is 6.73. The number of amides is 1. The number of hydrogen-bond acceptors (Lipinski definition) is 3. The summed E-state index contributed by atoms with van der Waals surface area (Å²) in [5.41, 5.74) is 1.83. The summed E-state index contributed by atoms with van der Waals surface area (Å²) in [6, 6.07) is 9.35. The van der Waals surface area contributed by atoms with Crippen molar-refractivity contribution in [2.75, 3.05) is 13.1 Å². The Kier molecular flexibility index (Phi) is 4.71. The largest absolute Gasteiger partial charge is 0.480 e. The van der Waals surface area contributed by atoms with Gasteiger partial charge in [-0.2, -0.15) is 5.10 Å². The average Bonchev–Trinajstić information content (AvgIpc) is 2.96. The zero-order valence-corrected chi connectivity index (χ0v) is 11.7. The highest BCUT2D eigenvalue weighted by molar-refractivity contribution is 6.00. The quantitative estimate of drug-likeness (QED) is 0.851. The summed E-state index contributed by atoms with van der Waals surface area (Å²) in [4.78, 5) is 24.7. The van der Waals surface area contributed by atoms with Crippen molar-refractivity contribution in [3.8, 4) is 11.3 Å². The molecule has 6 heteroatoms. The van der Waals surface area contributed by atoms with Crippen molar-refractivity contribution in [1.29, 1.82) is 0 Å². The number of carbonyl (C=O) groups is 2. The van der Waals surface area contributed by atoms with Crippen LogP contribution in [0.1, 0.15) is 23.7 Å². The molecule has 2 N–H and O–H groups in total. The molecule has 1 amide bonds. The van der Waals surface area contributed by atoms with E-state index in [4.69, 9.17) is 5.11 Å². The lowest BCUT2D eigenvalue weighted by Gasteiger charge is -2.19. The number of carboxylic acids is 1. The second-order valence-electron chi connectivity index (χ2n) is 4.65. The maximum absolute atomic E-state index is 12.5. The molecule has 0 aliphatic carbocycles. The Balaban J connectivity index is 2.31. The van der Waals surface area contributed by atoms with Gasteiger partial charge in [0.05, 0.1) is 17.5 Å². The van der Waals surface area contributed by atoms with Crippen LogP contribution < -0.4 is 0 Å². The highest BCUT2D eigenvalue weighted by Gasteiger charge is 2.22. The van der Waals surface area contributed by atoms with Crippen molar-refractivity contribution in [3.05, 3.63) is 42.1 Å². The van der Waals surface area contributed by atoms with E-state index in [1.807, 2.05) is 37.3 Å². The molecule has 0 fully saturated rings. The van der Waals surface area contributed by atoms with Crippen LogP contribution in [-0.4, -0.2) is 45.2 Å². The second kappa shape index (κ2) is 6.69. The maximum Gasteiger partial charge on any atom is 0.323 e. The van der Waals surface area contributed by atoms with E-state index in [0.29, 0.717) is 24.2 Å². The van der Waals surface area contributed by atoms with Gasteiger partial charge in [0, 0.05) is 12.1 Å². The molecule has 2 rings (SSSR count). The van der Waals surface area contributed by atoms with Crippen molar-refractivity contribution in [2.45, 2.75) is 13.3 Å². The van der Waals surface area contributed by atoms with E-state index in [-0.39, 0.29) is 12.5 Å². The number of carboxylic acid groups (broad SMARTS) is 1. The fraction of sp³-hybridized carbons (Fsp3) is 0.267. The lowest BCUT2D eigenvalue weighted by atomic mass is 10.1. The van der Waals surface area contributed by atoms with Crippen molar-refractivity contribution in [1.82, 2.24) is 15.1 Å². The van der Waals surface area contributed by atoms with Crippen LogP contribution in [0.4, 0.5) is 0 Å². The third-order valence-corrected chi connectivity index (χ3v) is 3.04. The minimum atomic E-state index is -1.03. The number of nitrogens with one attached hydrogen (secondary N) is 1. The van der Waals surface area contributed by atoms with Gasteiger partial charge in [0.25, 0.3) is 5.91 Å². The number of aromatic nitrogens is 2. The number of carbonyl (C=O) groups excluding carboxylic acids is 1. The summed E-state index contributed by atoms with van der Waals surface area (Å²) in [5, 5.41) is 15.7. The molecule has 1 heterocycles. The molecule has 0 spiro atoms. The molecule has 6 nitrogen and oxygen atoms in total. The lowest BCUT2D eigenvalue weighted by molar-refractivity contribution is -0.137. The summed E-state index contributed by atoms with van der Waals surface area (Å²) in [6.07, 6.45) is 2.13. The highest BCUT2D eigenvalue weighted by Crippen LogP contribution is 2.22. The first-order valence-electron chi connectivity index (χ1n) is 6.73. The van der Waals surface area contributed by atoms with E-state index in [9.17, 15) is 9.59 Å². The molecule has 0 aliphatic heterocycles. The summed E-state index contributed by atoms with van der Waals surface area (Å²) in [7, 11) is 0. The van der Waals surface area contributed by atoms with Gasteiger partial charge in [0.15, 0.2) is 0 Å². The van der Waals surface area contributed by atoms with E-state index >= 15 is 0 Å². The molecule has 110 valence electrons. The summed E-state index contributed by atoms with van der Waals surface area (Å²) in [6.45, 7) is 1.98. The number of aliphatic carboxylic acids is 1. The molecule has 0 unspecified atom stereocenters. The highest BCUT2D eigenvalue weighted by atomic mass is 16.4. The van der Waals surface area contributed by atoms with Crippen LogP contribution in [0.25, 0.3) is 11.3 Å². The molecule has 0 atom stereocenters. The average molecular weight is 287 g/mol. The third-order valence-electron chi connectivity index (χ3n) is 3.04. The molecular formula is C15H17N3O3. The monoisotopic (exact) mass is 287 g/mol. The second-order valence-corrected chi connectivity index (χ2v) is 4.65. The first-order chi connectivity index (χ1) is 10.1. The number of nitrogens with zero attached hydrogens (tertiary/aromatic N) is 2. The molecular weight excluding hydrogens is 270 g/mol. The van der Waals surface area contributed by atoms with Crippen LogP contribution in [0.5, 0.6) is 0 Å². The van der Waals surface area contributed by atoms with E-state index in [1.54, 1.807) is 0 Å². The first kappa shape index (κ1) is 14.8. The van der Waals surface area contributed by atoms with E-state index in [0.717, 1.165) is 5.56 Å². The SMILES string of the molecule is CCCN(CC(=O)O)C(=O)c1cn[nH]c1-c1ccccc1. The fourth-order valence-corrected chi connectivity index (χ4v) is 2.13. The fourth-order valence-electron chi connectivity index (χ4n) is 2.13. The van der Waals surface area contributed by atoms with Crippen LogP contribution in [0, 0.1) is 0 Å². The zero-order chi connectivity index (χ0) is 15.2. The molecule has 1 aromatic heterocycles. The zero-order valence-electron chi connectivity index (χ0n) is 11.7. The Morgan fingerprint density at radius 3 is 2.62 bits per heavy atom. The van der Waals surface area contributed by atoms with Crippen molar-refractivity contribution in [3.63, 3.8) is 0 Å². The third kappa shape index (κ3) is 3.47. The van der Waals surface area contributed by atoms with E-state index in [1.165, 1.54) is 11.1 Å². The Bertz CT molecular complexity index is 622. The number of aromatic amines is 1. The van der Waals surface area contributed by atoms with Gasteiger partial charge >= 0.3 is 5.97 Å². The number of rotatable bonds is 6. The van der Waals surface area contributed by atoms with Gasteiger partial charge in [-0.25, -0.2) is 0 Å². The van der Waals surface area contributed by atoms with Gasteiger partial charge in [0.1, 0.15) is 6.54 Å². The van der Waals surface area contributed by atoms with Crippen molar-refractivity contribution >= 4 is 11.9 Å². The Labute approximate surface area is 122 Å². The van der Waals surface area contributed by atoms with Crippen LogP contribution in [0.3, 0.4) is 0 Å². The summed E-state index contributed by atoms with van der Waals surface area (Å²) in [5.74, 6) is -1.35. The molecule has 0 aliphatic rings. The van der Waals surface area contributed by atoms with Crippen LogP contribution in [0.2, 0.25) is 0 Å². The van der Waals surface area contributed by atoms with E-state index < -0.39 is 5.97 Å². The minimum Gasteiger partial charge on any atom is -0.480 e. The lowest BCUT2D eigenvalue weighted by Crippen LogP contribution is -2.36. The molecule has 0 saturated carbocycles. The smallest absolute Gasteiger partial charge is 0.323 e. The van der Waals surface area contributed by atoms with Crippen LogP contribution in [-0.2, 0) is 4.79 Å². The Morgan fingerprint density at radius 1 is 1.29 bits per heavy atom. The van der Waals surface area contributed by atoms with Gasteiger partial charge in [-0.15, -0.1) is 0 Å². The van der Waals surface area contributed by atoms with Crippen LogP contribution in [0.15, 0.2) is 36.5 Å². The predicted octanol–water partition coefficient (Wildman–Crippen LogP) is 2.01. The maximum atomic E-state index is 12.5. The van der Waals surface area contributed by atoms with E-state index in [2.05, 4.69) is 10.2 Å². The normalized spacial score (nSPS) is 10.3. The molecule has 2 aromatic rings.